The number of benzene rings is 3. The molecule has 0 radical (unpaired) electrons. The van der Waals surface area contributed by atoms with Crippen LogP contribution in [-0.2, 0) is 26.2 Å². The Labute approximate surface area is 228 Å². The molecule has 0 unspecified atom stereocenters. The zero-order valence-electron chi connectivity index (χ0n) is 21.5. The maximum absolute atomic E-state index is 13.8. The van der Waals surface area contributed by atoms with Gasteiger partial charge in [-0.25, -0.2) is 12.8 Å². The minimum absolute atomic E-state index is 0.00898. The number of hydrogen-bond acceptors (Lipinski definition) is 4. The molecule has 0 spiro atoms. The monoisotopic (exact) mass is 559 g/mol. The van der Waals surface area contributed by atoms with Crippen molar-refractivity contribution in [2.24, 2.45) is 0 Å². The Morgan fingerprint density at radius 3 is 2.29 bits per heavy atom. The van der Waals surface area contributed by atoms with Gasteiger partial charge < -0.3 is 10.2 Å². The second kappa shape index (κ2) is 12.9. The van der Waals surface area contributed by atoms with E-state index in [4.69, 9.17) is 11.6 Å². The predicted molar refractivity (Wildman–Crippen MR) is 147 cm³/mol. The highest BCUT2D eigenvalue weighted by molar-refractivity contribution is 7.92. The smallest absolute Gasteiger partial charge is 0.264 e. The number of anilines is 1. The highest BCUT2D eigenvalue weighted by atomic mass is 35.5. The van der Waals surface area contributed by atoms with Gasteiger partial charge in [0, 0.05) is 18.1 Å². The molecule has 3 rings (SSSR count). The molecule has 0 aliphatic heterocycles. The summed E-state index contributed by atoms with van der Waals surface area (Å²) in [6.45, 7) is 5.15. The van der Waals surface area contributed by atoms with E-state index < -0.39 is 34.3 Å². The van der Waals surface area contributed by atoms with Crippen molar-refractivity contribution in [2.45, 2.75) is 44.7 Å². The van der Waals surface area contributed by atoms with E-state index in [-0.39, 0.29) is 23.0 Å². The summed E-state index contributed by atoms with van der Waals surface area (Å²) < 4.78 is 42.0. The fraction of sp³-hybridized carbons (Fsp3) is 0.286. The summed E-state index contributed by atoms with van der Waals surface area (Å²) in [7, 11) is -4.18. The second-order valence-electron chi connectivity index (χ2n) is 8.92. The van der Waals surface area contributed by atoms with Gasteiger partial charge in [0.2, 0.25) is 11.8 Å². The molecule has 0 aliphatic rings. The summed E-state index contributed by atoms with van der Waals surface area (Å²) in [6, 6.07) is 17.2. The Kier molecular flexibility index (Phi) is 9.88. The lowest BCUT2D eigenvalue weighted by molar-refractivity contribution is -0.139. The first-order valence-electron chi connectivity index (χ1n) is 12.2. The number of nitrogens with zero attached hydrogens (tertiary/aromatic N) is 2. The molecule has 0 saturated carbocycles. The summed E-state index contributed by atoms with van der Waals surface area (Å²) in [5.41, 5.74) is 1.67. The molecule has 3 aromatic carbocycles. The van der Waals surface area contributed by atoms with E-state index in [0.29, 0.717) is 23.6 Å². The predicted octanol–water partition coefficient (Wildman–Crippen LogP) is 4.93. The van der Waals surface area contributed by atoms with E-state index in [9.17, 15) is 22.4 Å². The molecule has 0 fully saturated rings. The van der Waals surface area contributed by atoms with Crippen LogP contribution >= 0.6 is 11.6 Å². The van der Waals surface area contributed by atoms with Gasteiger partial charge in [-0.3, -0.25) is 13.9 Å². The normalized spacial score (nSPS) is 12.0. The van der Waals surface area contributed by atoms with Gasteiger partial charge in [-0.15, -0.1) is 0 Å². The average Bonchev–Trinajstić information content (AvgIpc) is 2.89. The van der Waals surface area contributed by atoms with Gasteiger partial charge >= 0.3 is 0 Å². The molecule has 0 aliphatic carbocycles. The molecular formula is C28H31ClFN3O4S. The number of carbonyl (C=O) groups is 2. The molecule has 0 aromatic heterocycles. The van der Waals surface area contributed by atoms with Gasteiger partial charge in [-0.05, 0) is 68.3 Å². The van der Waals surface area contributed by atoms with Gasteiger partial charge in [0.1, 0.15) is 18.4 Å². The van der Waals surface area contributed by atoms with E-state index >= 15 is 0 Å². The summed E-state index contributed by atoms with van der Waals surface area (Å²) in [5, 5.41) is 3.07. The van der Waals surface area contributed by atoms with Crippen LogP contribution in [0.4, 0.5) is 10.1 Å². The van der Waals surface area contributed by atoms with Crippen molar-refractivity contribution < 1.29 is 22.4 Å². The van der Waals surface area contributed by atoms with Gasteiger partial charge in [-0.1, -0.05) is 54.4 Å². The van der Waals surface area contributed by atoms with Crippen LogP contribution in [-0.4, -0.2) is 44.3 Å². The van der Waals surface area contributed by atoms with Crippen LogP contribution in [0.15, 0.2) is 77.7 Å². The van der Waals surface area contributed by atoms with E-state index in [2.05, 4.69) is 5.32 Å². The highest BCUT2D eigenvalue weighted by Crippen LogP contribution is 2.27. The number of hydrogen-bond donors (Lipinski definition) is 1. The maximum atomic E-state index is 13.8. The molecule has 0 heterocycles. The lowest BCUT2D eigenvalue weighted by Gasteiger charge is -2.32. The molecule has 7 nitrogen and oxygen atoms in total. The van der Waals surface area contributed by atoms with Crippen molar-refractivity contribution in [3.05, 3.63) is 94.8 Å². The molecule has 38 heavy (non-hydrogen) atoms. The summed E-state index contributed by atoms with van der Waals surface area (Å²) in [5.74, 6) is -1.42. The third kappa shape index (κ3) is 7.33. The third-order valence-corrected chi connectivity index (χ3v) is 7.99. The molecule has 1 N–H and O–H groups in total. The van der Waals surface area contributed by atoms with Crippen molar-refractivity contribution in [1.82, 2.24) is 10.2 Å². The number of sulfonamides is 1. The van der Waals surface area contributed by atoms with Crippen LogP contribution in [0.3, 0.4) is 0 Å². The molecule has 10 heteroatoms. The minimum atomic E-state index is -4.18. The lowest BCUT2D eigenvalue weighted by atomic mass is 10.1. The highest BCUT2D eigenvalue weighted by Gasteiger charge is 2.32. The number of halogens is 2. The molecule has 0 bridgehead atoms. The summed E-state index contributed by atoms with van der Waals surface area (Å²) >= 11 is 6.17. The van der Waals surface area contributed by atoms with Gasteiger partial charge in [0.25, 0.3) is 10.0 Å². The maximum Gasteiger partial charge on any atom is 0.264 e. The standard InChI is InChI=1S/C28H31ClFN3O4S/c1-4-16-31-28(35)21(3)32(18-22-10-12-24(30)13-11-22)27(34)19-33(25-7-5-6-23(29)17-25)38(36,37)26-14-8-20(2)9-15-26/h5-15,17,21H,4,16,18-19H2,1-3H3,(H,31,35)/t21-/m1/s1. The van der Waals surface area contributed by atoms with Crippen LogP contribution in [0, 0.1) is 12.7 Å². The molecule has 0 saturated heterocycles. The van der Waals surface area contributed by atoms with Crippen LogP contribution in [0.2, 0.25) is 5.02 Å². The number of aryl methyl sites for hydroxylation is 1. The number of nitrogens with one attached hydrogen (secondary N) is 1. The Balaban J connectivity index is 2.01. The van der Waals surface area contributed by atoms with Crippen LogP contribution in [0.25, 0.3) is 0 Å². The molecular weight excluding hydrogens is 529 g/mol. The quantitative estimate of drug-likeness (QED) is 0.361. The van der Waals surface area contributed by atoms with Crippen LogP contribution in [0.5, 0.6) is 0 Å². The number of carbonyl (C=O) groups excluding carboxylic acids is 2. The van der Waals surface area contributed by atoms with Crippen molar-refractivity contribution in [2.75, 3.05) is 17.4 Å². The second-order valence-corrected chi connectivity index (χ2v) is 11.2. The first-order valence-corrected chi connectivity index (χ1v) is 14.0. The van der Waals surface area contributed by atoms with Gasteiger partial charge in [-0.2, -0.15) is 0 Å². The minimum Gasteiger partial charge on any atom is -0.354 e. The SMILES string of the molecule is CCCNC(=O)[C@@H](C)N(Cc1ccc(F)cc1)C(=O)CN(c1cccc(Cl)c1)S(=O)(=O)c1ccc(C)cc1. The molecule has 1 atom stereocenters. The number of amides is 2. The zero-order valence-corrected chi connectivity index (χ0v) is 23.1. The van der Waals surface area contributed by atoms with Gasteiger partial charge in [0.05, 0.1) is 10.6 Å². The Morgan fingerprint density at radius 2 is 1.68 bits per heavy atom. The third-order valence-electron chi connectivity index (χ3n) is 5.97. The van der Waals surface area contributed by atoms with Crippen molar-refractivity contribution in [3.63, 3.8) is 0 Å². The molecule has 3 aromatic rings. The zero-order chi connectivity index (χ0) is 27.9. The Hall–Kier alpha value is -3.43. The van der Waals surface area contributed by atoms with Crippen molar-refractivity contribution >= 4 is 39.1 Å². The fourth-order valence-electron chi connectivity index (χ4n) is 3.76. The largest absolute Gasteiger partial charge is 0.354 e. The first kappa shape index (κ1) is 29.1. The molecule has 2 amide bonds. The van der Waals surface area contributed by atoms with Crippen LogP contribution in [0.1, 0.15) is 31.4 Å². The first-order chi connectivity index (χ1) is 18.0. The van der Waals surface area contributed by atoms with Crippen LogP contribution < -0.4 is 9.62 Å². The van der Waals surface area contributed by atoms with Crippen molar-refractivity contribution in [3.8, 4) is 0 Å². The average molecular weight is 560 g/mol. The van der Waals surface area contributed by atoms with E-state index in [1.807, 2.05) is 13.8 Å². The van der Waals surface area contributed by atoms with E-state index in [0.717, 1.165) is 9.87 Å². The van der Waals surface area contributed by atoms with E-state index in [1.54, 1.807) is 37.3 Å². The number of rotatable bonds is 11. The van der Waals surface area contributed by atoms with Crippen molar-refractivity contribution in [1.29, 1.82) is 0 Å². The van der Waals surface area contributed by atoms with Gasteiger partial charge in [0.15, 0.2) is 0 Å². The summed E-state index contributed by atoms with van der Waals surface area (Å²) in [6.07, 6.45) is 0.710. The Bertz CT molecular complexity index is 1370. The molecule has 202 valence electrons. The summed E-state index contributed by atoms with van der Waals surface area (Å²) in [4.78, 5) is 27.9. The van der Waals surface area contributed by atoms with E-state index in [1.165, 1.54) is 47.4 Å². The Morgan fingerprint density at radius 1 is 1.03 bits per heavy atom. The topological polar surface area (TPSA) is 86.8 Å². The lowest BCUT2D eigenvalue weighted by Crippen LogP contribution is -2.51. The fourth-order valence-corrected chi connectivity index (χ4v) is 5.35.